The zero-order valence-corrected chi connectivity index (χ0v) is 25.9. The fourth-order valence-electron chi connectivity index (χ4n) is 5.22. The number of carbonyl (C=O) groups is 1. The van der Waals surface area contributed by atoms with Crippen LogP contribution in [0.5, 0.6) is 0 Å². The van der Waals surface area contributed by atoms with Gasteiger partial charge in [-0.3, -0.25) is 9.79 Å². The Labute approximate surface area is 248 Å². The first-order valence-electron chi connectivity index (χ1n) is 13.5. The van der Waals surface area contributed by atoms with E-state index in [1.54, 1.807) is 0 Å². The number of amides is 1. The van der Waals surface area contributed by atoms with Crippen molar-refractivity contribution >= 4 is 57.8 Å². The van der Waals surface area contributed by atoms with Crippen LogP contribution in [0.4, 0.5) is 13.2 Å². The highest BCUT2D eigenvalue weighted by Crippen LogP contribution is 2.48. The number of alkyl halides is 3. The van der Waals surface area contributed by atoms with E-state index in [9.17, 15) is 18.0 Å². The van der Waals surface area contributed by atoms with E-state index in [1.165, 1.54) is 30.5 Å². The number of halogens is 6. The molecule has 0 radical (unpaired) electrons. The highest BCUT2D eigenvalue weighted by atomic mass is 35.5. The summed E-state index contributed by atoms with van der Waals surface area (Å²) in [7, 11) is 1.50. The highest BCUT2D eigenvalue weighted by molar-refractivity contribution is 7.16. The van der Waals surface area contributed by atoms with Crippen LogP contribution in [0.3, 0.4) is 0 Å². The molecule has 39 heavy (non-hydrogen) atoms. The van der Waals surface area contributed by atoms with Gasteiger partial charge in [0, 0.05) is 19.5 Å². The molecule has 3 nitrogen and oxygen atoms in total. The van der Waals surface area contributed by atoms with Crippen LogP contribution in [0.2, 0.25) is 15.1 Å². The first-order valence-corrected chi connectivity index (χ1v) is 15.5. The molecule has 1 heterocycles. The Morgan fingerprint density at radius 3 is 2.13 bits per heavy atom. The SMILES string of the molecule is CCCCC(CCC)NC(=O)c1sc(C(CC(C)(c2cc(Cl)c(Cl)c(Cl)c2)C(F)(F)F)=NC)c2c1CCCC2. The minimum absolute atomic E-state index is 0.0132. The zero-order chi connectivity index (χ0) is 29.0. The molecule has 0 saturated heterocycles. The Morgan fingerprint density at radius 1 is 1.03 bits per heavy atom. The maximum atomic E-state index is 14.7. The quantitative estimate of drug-likeness (QED) is 0.196. The molecule has 0 saturated carbocycles. The van der Waals surface area contributed by atoms with Gasteiger partial charge >= 0.3 is 6.18 Å². The fraction of sp³-hybridized carbons (Fsp3) is 0.586. The molecule has 0 spiro atoms. The molecule has 1 aromatic carbocycles. The molecule has 0 bridgehead atoms. The van der Waals surface area contributed by atoms with Crippen molar-refractivity contribution < 1.29 is 18.0 Å². The van der Waals surface area contributed by atoms with E-state index >= 15 is 0 Å². The van der Waals surface area contributed by atoms with Crippen LogP contribution in [-0.2, 0) is 18.3 Å². The van der Waals surface area contributed by atoms with Crippen LogP contribution in [-0.4, -0.2) is 30.9 Å². The number of hydrogen-bond acceptors (Lipinski definition) is 3. The molecular weight excluding hydrogens is 588 g/mol. The van der Waals surface area contributed by atoms with E-state index in [0.717, 1.165) is 69.4 Å². The summed E-state index contributed by atoms with van der Waals surface area (Å²) in [5, 5.41) is 3.15. The van der Waals surface area contributed by atoms with Crippen LogP contribution in [0.15, 0.2) is 17.1 Å². The third kappa shape index (κ3) is 7.14. The molecule has 216 valence electrons. The van der Waals surface area contributed by atoms with Gasteiger partial charge in [0.2, 0.25) is 0 Å². The Kier molecular flexibility index (Phi) is 11.2. The third-order valence-electron chi connectivity index (χ3n) is 7.60. The number of nitrogens with zero attached hydrogens (tertiary/aromatic N) is 1. The number of nitrogens with one attached hydrogen (secondary N) is 1. The molecular formula is C29H36Cl3F3N2OS. The number of thiophene rings is 1. The topological polar surface area (TPSA) is 41.5 Å². The molecule has 2 unspecified atom stereocenters. The highest BCUT2D eigenvalue weighted by Gasteiger charge is 2.53. The first kappa shape index (κ1) is 32.2. The van der Waals surface area contributed by atoms with Crippen molar-refractivity contribution in [2.45, 2.75) is 103 Å². The smallest absolute Gasteiger partial charge is 0.349 e. The van der Waals surface area contributed by atoms with Gasteiger partial charge in [-0.05, 0) is 74.3 Å². The van der Waals surface area contributed by atoms with Gasteiger partial charge in [-0.1, -0.05) is 67.9 Å². The number of carbonyl (C=O) groups excluding carboxylic acids is 1. The van der Waals surface area contributed by atoms with Gasteiger partial charge in [0.05, 0.1) is 35.9 Å². The van der Waals surface area contributed by atoms with Crippen molar-refractivity contribution in [2.24, 2.45) is 4.99 Å². The lowest BCUT2D eigenvalue weighted by Gasteiger charge is -2.33. The molecule has 2 aromatic rings. The van der Waals surface area contributed by atoms with Crippen LogP contribution in [0.25, 0.3) is 0 Å². The Morgan fingerprint density at radius 2 is 1.62 bits per heavy atom. The van der Waals surface area contributed by atoms with E-state index in [4.69, 9.17) is 34.8 Å². The predicted octanol–water partition coefficient (Wildman–Crippen LogP) is 10.0. The lowest BCUT2D eigenvalue weighted by molar-refractivity contribution is -0.183. The molecule has 1 aliphatic rings. The number of fused-ring (bicyclic) bond motifs is 1. The normalized spacial score (nSPS) is 16.5. The van der Waals surface area contributed by atoms with Crippen LogP contribution in [0.1, 0.15) is 103 Å². The Hall–Kier alpha value is -1.28. The summed E-state index contributed by atoms with van der Waals surface area (Å²) in [6.07, 6.45) is 3.09. The van der Waals surface area contributed by atoms with Crippen molar-refractivity contribution in [3.05, 3.63) is 53.6 Å². The number of unbranched alkanes of at least 4 members (excludes halogenated alkanes) is 1. The van der Waals surface area contributed by atoms with E-state index in [1.807, 2.05) is 0 Å². The predicted molar refractivity (Wildman–Crippen MR) is 159 cm³/mol. The molecule has 10 heteroatoms. The van der Waals surface area contributed by atoms with Crippen LogP contribution >= 0.6 is 46.1 Å². The summed E-state index contributed by atoms with van der Waals surface area (Å²) in [5.41, 5.74) is -0.195. The molecule has 1 N–H and O–H groups in total. The second-order valence-electron chi connectivity index (χ2n) is 10.5. The summed E-state index contributed by atoms with van der Waals surface area (Å²) in [6.45, 7) is 5.35. The number of hydrogen-bond donors (Lipinski definition) is 1. The van der Waals surface area contributed by atoms with Gasteiger partial charge in [-0.2, -0.15) is 13.2 Å². The number of aliphatic imine (C=N–C) groups is 1. The standard InChI is InChI=1S/C29H36Cl3F3N2OS/c1-5-7-11-18(10-6-2)37-27(38)26-20-13-9-8-12-19(20)25(39-26)23(36-4)16-28(3,29(33,34)35)17-14-21(30)24(32)22(31)15-17/h14-15,18H,5-13,16H2,1-4H3,(H,37,38). The summed E-state index contributed by atoms with van der Waals surface area (Å²) < 4.78 is 44.2. The Bertz CT molecular complexity index is 1190. The van der Waals surface area contributed by atoms with Gasteiger partial charge in [0.15, 0.2) is 0 Å². The summed E-state index contributed by atoms with van der Waals surface area (Å²) >= 11 is 19.6. The molecule has 2 atom stereocenters. The second kappa shape index (κ2) is 13.6. The van der Waals surface area contributed by atoms with Crippen molar-refractivity contribution in [1.29, 1.82) is 0 Å². The maximum Gasteiger partial charge on any atom is 0.398 e. The molecule has 1 amide bonds. The average molecular weight is 624 g/mol. The van der Waals surface area contributed by atoms with Gasteiger partial charge in [-0.15, -0.1) is 11.3 Å². The molecule has 1 aromatic heterocycles. The molecule has 0 aliphatic heterocycles. The number of rotatable bonds is 11. The van der Waals surface area contributed by atoms with E-state index in [2.05, 4.69) is 24.2 Å². The second-order valence-corrected chi connectivity index (χ2v) is 12.7. The molecule has 0 fully saturated rings. The summed E-state index contributed by atoms with van der Waals surface area (Å²) in [4.78, 5) is 19.1. The van der Waals surface area contributed by atoms with Crippen molar-refractivity contribution in [3.8, 4) is 0 Å². The monoisotopic (exact) mass is 622 g/mol. The molecule has 1 aliphatic carbocycles. The minimum atomic E-state index is -4.63. The van der Waals surface area contributed by atoms with Crippen LogP contribution in [0, 0.1) is 0 Å². The lowest BCUT2D eigenvalue weighted by atomic mass is 9.76. The van der Waals surface area contributed by atoms with E-state index < -0.39 is 18.0 Å². The van der Waals surface area contributed by atoms with Crippen LogP contribution < -0.4 is 5.32 Å². The van der Waals surface area contributed by atoms with Crippen molar-refractivity contribution in [1.82, 2.24) is 5.32 Å². The Balaban J connectivity index is 2.04. The van der Waals surface area contributed by atoms with E-state index in [0.29, 0.717) is 21.9 Å². The van der Waals surface area contributed by atoms with Crippen molar-refractivity contribution in [2.75, 3.05) is 7.05 Å². The maximum absolute atomic E-state index is 14.7. The summed E-state index contributed by atoms with van der Waals surface area (Å²) in [6, 6.07) is 2.53. The largest absolute Gasteiger partial charge is 0.398 e. The summed E-state index contributed by atoms with van der Waals surface area (Å²) in [5.74, 6) is -0.135. The lowest BCUT2D eigenvalue weighted by Crippen LogP contribution is -2.41. The van der Waals surface area contributed by atoms with Crippen molar-refractivity contribution in [3.63, 3.8) is 0 Å². The first-order chi connectivity index (χ1) is 18.4. The zero-order valence-electron chi connectivity index (χ0n) is 22.8. The van der Waals surface area contributed by atoms with Gasteiger partial charge < -0.3 is 5.32 Å². The van der Waals surface area contributed by atoms with Gasteiger partial charge in [0.1, 0.15) is 0 Å². The average Bonchev–Trinajstić information content (AvgIpc) is 3.27. The number of benzene rings is 1. The van der Waals surface area contributed by atoms with Gasteiger partial charge in [-0.25, -0.2) is 0 Å². The third-order valence-corrected chi connectivity index (χ3v) is 10.1. The molecule has 3 rings (SSSR count). The minimum Gasteiger partial charge on any atom is -0.349 e. The fourth-order valence-corrected chi connectivity index (χ4v) is 7.15. The van der Waals surface area contributed by atoms with E-state index in [-0.39, 0.29) is 32.6 Å². The van der Waals surface area contributed by atoms with Gasteiger partial charge in [0.25, 0.3) is 5.91 Å².